The van der Waals surface area contributed by atoms with E-state index in [1.54, 1.807) is 18.2 Å². The number of benzene rings is 2. The summed E-state index contributed by atoms with van der Waals surface area (Å²) in [5, 5.41) is 8.62. The van der Waals surface area contributed by atoms with Gasteiger partial charge in [0, 0.05) is 18.7 Å². The minimum absolute atomic E-state index is 0.0971. The van der Waals surface area contributed by atoms with E-state index < -0.39 is 29.7 Å². The molecule has 1 atom stereocenters. The highest BCUT2D eigenvalue weighted by Crippen LogP contribution is 2.32. The zero-order chi connectivity index (χ0) is 22.7. The van der Waals surface area contributed by atoms with Crippen molar-refractivity contribution >= 4 is 29.3 Å². The normalized spacial score (nSPS) is 18.0. The lowest BCUT2D eigenvalue weighted by molar-refractivity contribution is -0.136. The van der Waals surface area contributed by atoms with Gasteiger partial charge in [0.25, 0.3) is 11.8 Å². The number of rotatable bonds is 8. The number of anilines is 1. The topological polar surface area (TPSA) is 108 Å². The van der Waals surface area contributed by atoms with Crippen LogP contribution in [0.15, 0.2) is 42.5 Å². The summed E-state index contributed by atoms with van der Waals surface area (Å²) in [5.41, 5.74) is 3.41. The fourth-order valence-electron chi connectivity index (χ4n) is 4.15. The summed E-state index contributed by atoms with van der Waals surface area (Å²) in [4.78, 5) is 50.7. The van der Waals surface area contributed by atoms with Gasteiger partial charge in [-0.1, -0.05) is 30.3 Å². The maximum atomic E-state index is 13.1. The van der Waals surface area contributed by atoms with Gasteiger partial charge >= 0.3 is 0 Å². The summed E-state index contributed by atoms with van der Waals surface area (Å²) in [6.45, 7) is 1.47. The Balaban J connectivity index is 1.47. The van der Waals surface area contributed by atoms with Gasteiger partial charge < -0.3 is 10.6 Å². The van der Waals surface area contributed by atoms with Crippen molar-refractivity contribution in [3.8, 4) is 0 Å². The molecule has 32 heavy (non-hydrogen) atoms. The van der Waals surface area contributed by atoms with Crippen LogP contribution in [0.5, 0.6) is 0 Å². The number of carbonyl (C=O) groups excluding carboxylic acids is 4. The van der Waals surface area contributed by atoms with E-state index >= 15 is 0 Å². The van der Waals surface area contributed by atoms with Crippen LogP contribution in [0.1, 0.15) is 51.1 Å². The van der Waals surface area contributed by atoms with Crippen molar-refractivity contribution in [3.05, 3.63) is 64.7 Å². The Bertz CT molecular complexity index is 1060. The predicted octanol–water partition coefficient (Wildman–Crippen LogP) is 1.85. The van der Waals surface area contributed by atoms with E-state index in [0.717, 1.165) is 29.8 Å². The van der Waals surface area contributed by atoms with E-state index in [9.17, 15) is 19.2 Å². The molecule has 2 aromatic carbocycles. The Kier molecular flexibility index (Phi) is 6.32. The van der Waals surface area contributed by atoms with Crippen LogP contribution in [0.3, 0.4) is 0 Å². The predicted molar refractivity (Wildman–Crippen MR) is 119 cm³/mol. The molecule has 2 aliphatic heterocycles. The molecule has 166 valence electrons. The van der Waals surface area contributed by atoms with Crippen molar-refractivity contribution < 1.29 is 19.2 Å². The van der Waals surface area contributed by atoms with Crippen LogP contribution < -0.4 is 16.0 Å². The lowest BCUT2D eigenvalue weighted by atomic mass is 10.0. The second-order valence-electron chi connectivity index (χ2n) is 8.05. The third-order valence-corrected chi connectivity index (χ3v) is 5.87. The highest BCUT2D eigenvalue weighted by molar-refractivity contribution is 6.25. The Morgan fingerprint density at radius 1 is 1.00 bits per heavy atom. The van der Waals surface area contributed by atoms with Crippen LogP contribution in [-0.2, 0) is 22.6 Å². The Hall–Kier alpha value is -3.52. The number of nitrogens with one attached hydrogen (secondary N) is 3. The SMILES string of the molecule is CNCCCc1ccc(CNc2cccc3c2C(=O)N(C2CCC(=O)NC2=O)C3=O)cc1. The van der Waals surface area contributed by atoms with Crippen molar-refractivity contribution in [1.82, 2.24) is 15.5 Å². The van der Waals surface area contributed by atoms with Crippen LogP contribution in [-0.4, -0.2) is 48.2 Å². The van der Waals surface area contributed by atoms with Crippen molar-refractivity contribution in [2.45, 2.75) is 38.3 Å². The number of nitrogens with zero attached hydrogens (tertiary/aromatic N) is 1. The van der Waals surface area contributed by atoms with Crippen molar-refractivity contribution in [2.75, 3.05) is 18.9 Å². The fraction of sp³-hybridized carbons (Fsp3) is 0.333. The largest absolute Gasteiger partial charge is 0.380 e. The molecule has 0 spiro atoms. The van der Waals surface area contributed by atoms with Crippen LogP contribution in [0.4, 0.5) is 5.69 Å². The first-order chi connectivity index (χ1) is 15.5. The van der Waals surface area contributed by atoms with E-state index in [-0.39, 0.29) is 24.0 Å². The van der Waals surface area contributed by atoms with Crippen LogP contribution in [0, 0.1) is 0 Å². The van der Waals surface area contributed by atoms with E-state index in [0.29, 0.717) is 12.2 Å². The molecule has 0 saturated carbocycles. The lowest BCUT2D eigenvalue weighted by Crippen LogP contribution is -2.54. The number of hydrogen-bond acceptors (Lipinski definition) is 6. The third-order valence-electron chi connectivity index (χ3n) is 5.87. The summed E-state index contributed by atoms with van der Waals surface area (Å²) in [5.74, 6) is -2.02. The number of carbonyl (C=O) groups is 4. The maximum absolute atomic E-state index is 13.1. The second kappa shape index (κ2) is 9.32. The van der Waals surface area contributed by atoms with Crippen LogP contribution >= 0.6 is 0 Å². The van der Waals surface area contributed by atoms with E-state index in [4.69, 9.17) is 0 Å². The highest BCUT2D eigenvalue weighted by atomic mass is 16.2. The van der Waals surface area contributed by atoms with Gasteiger partial charge in [-0.25, -0.2) is 0 Å². The molecule has 4 rings (SSSR count). The Labute approximate surface area is 186 Å². The van der Waals surface area contributed by atoms with Gasteiger partial charge in [0.15, 0.2) is 0 Å². The molecule has 4 amide bonds. The van der Waals surface area contributed by atoms with Crippen LogP contribution in [0.25, 0.3) is 0 Å². The molecule has 0 aliphatic carbocycles. The van der Waals surface area contributed by atoms with Gasteiger partial charge in [0.2, 0.25) is 11.8 Å². The maximum Gasteiger partial charge on any atom is 0.264 e. The van der Waals surface area contributed by atoms with Crippen molar-refractivity contribution in [3.63, 3.8) is 0 Å². The summed E-state index contributed by atoms with van der Waals surface area (Å²) in [6.07, 6.45) is 2.32. The average molecular weight is 434 g/mol. The lowest BCUT2D eigenvalue weighted by Gasteiger charge is -2.27. The van der Waals surface area contributed by atoms with Gasteiger partial charge in [-0.15, -0.1) is 0 Å². The van der Waals surface area contributed by atoms with Gasteiger partial charge in [0.1, 0.15) is 6.04 Å². The molecule has 0 bridgehead atoms. The van der Waals surface area contributed by atoms with Crippen molar-refractivity contribution in [1.29, 1.82) is 0 Å². The van der Waals surface area contributed by atoms with Gasteiger partial charge in [-0.3, -0.25) is 29.4 Å². The molecular formula is C24H26N4O4. The molecule has 8 nitrogen and oxygen atoms in total. The van der Waals surface area contributed by atoms with E-state index in [2.05, 4.69) is 28.1 Å². The van der Waals surface area contributed by atoms with Crippen molar-refractivity contribution in [2.24, 2.45) is 0 Å². The van der Waals surface area contributed by atoms with E-state index in [1.807, 2.05) is 19.2 Å². The summed E-state index contributed by atoms with van der Waals surface area (Å²) in [7, 11) is 1.94. The fourth-order valence-corrected chi connectivity index (χ4v) is 4.15. The molecule has 0 radical (unpaired) electrons. The number of amides is 4. The summed E-state index contributed by atoms with van der Waals surface area (Å²) in [6, 6.07) is 12.4. The van der Waals surface area contributed by atoms with Gasteiger partial charge in [-0.05, 0) is 56.1 Å². The van der Waals surface area contributed by atoms with Crippen LogP contribution in [0.2, 0.25) is 0 Å². The molecule has 3 N–H and O–H groups in total. The monoisotopic (exact) mass is 434 g/mol. The molecule has 8 heteroatoms. The van der Waals surface area contributed by atoms with Gasteiger partial charge in [0.05, 0.1) is 11.1 Å². The molecule has 2 aliphatic rings. The Morgan fingerprint density at radius 3 is 2.47 bits per heavy atom. The first kappa shape index (κ1) is 21.7. The molecule has 2 heterocycles. The molecular weight excluding hydrogens is 408 g/mol. The average Bonchev–Trinajstić information content (AvgIpc) is 3.04. The zero-order valence-electron chi connectivity index (χ0n) is 17.9. The number of aryl methyl sites for hydroxylation is 1. The minimum Gasteiger partial charge on any atom is -0.380 e. The second-order valence-corrected chi connectivity index (χ2v) is 8.05. The Morgan fingerprint density at radius 2 is 1.75 bits per heavy atom. The number of imide groups is 2. The first-order valence-electron chi connectivity index (χ1n) is 10.8. The third kappa shape index (κ3) is 4.27. The molecule has 0 aromatic heterocycles. The van der Waals surface area contributed by atoms with Gasteiger partial charge in [-0.2, -0.15) is 0 Å². The first-order valence-corrected chi connectivity index (χ1v) is 10.8. The molecule has 2 aromatic rings. The smallest absolute Gasteiger partial charge is 0.264 e. The molecule has 1 unspecified atom stereocenters. The number of piperidine rings is 1. The zero-order valence-corrected chi connectivity index (χ0v) is 17.9. The standard InChI is InChI=1S/C24H26N4O4/c1-25-13-3-4-15-7-9-16(10-8-15)14-26-18-6-2-5-17-21(18)24(32)28(23(17)31)19-11-12-20(29)27-22(19)30/h2,5-10,19,25-26H,3-4,11-14H2,1H3,(H,27,29,30). The highest BCUT2D eigenvalue weighted by Gasteiger charge is 2.45. The minimum atomic E-state index is -0.969. The molecule has 1 saturated heterocycles. The summed E-state index contributed by atoms with van der Waals surface area (Å²) < 4.78 is 0. The quantitative estimate of drug-likeness (QED) is 0.432. The van der Waals surface area contributed by atoms with E-state index in [1.165, 1.54) is 5.56 Å². The number of hydrogen-bond donors (Lipinski definition) is 3. The number of fused-ring (bicyclic) bond motifs is 1. The molecule has 1 fully saturated rings. The summed E-state index contributed by atoms with van der Waals surface area (Å²) >= 11 is 0.